The van der Waals surface area contributed by atoms with E-state index < -0.39 is 11.9 Å². The normalized spacial score (nSPS) is 8.75. The van der Waals surface area contributed by atoms with Gasteiger partial charge in [-0.25, -0.2) is 19.2 Å². The van der Waals surface area contributed by atoms with E-state index in [4.69, 9.17) is 20.4 Å². The Hall–Kier alpha value is -5.04. The van der Waals surface area contributed by atoms with E-state index >= 15 is 0 Å². The number of phenolic OH excluding ortho intramolecular Hbond substituents is 2. The SMILES string of the molecule is O=C=Nc1ccc(C(=O)O)cc1.O=C=Nc1ccc(C(=O)O)cc1.Oc1ccc(O)cc1. The first kappa shape index (κ1) is 25.0. The van der Waals surface area contributed by atoms with Gasteiger partial charge >= 0.3 is 11.9 Å². The number of aromatic hydroxyl groups is 2. The Morgan fingerprint density at radius 3 is 1.06 bits per heavy atom. The summed E-state index contributed by atoms with van der Waals surface area (Å²) in [7, 11) is 0. The summed E-state index contributed by atoms with van der Waals surface area (Å²) in [6.45, 7) is 0. The Morgan fingerprint density at radius 1 is 0.562 bits per heavy atom. The number of hydrogen-bond donors (Lipinski definition) is 4. The average Bonchev–Trinajstić information content (AvgIpc) is 2.78. The Bertz CT molecular complexity index is 994. The highest BCUT2D eigenvalue weighted by Crippen LogP contribution is 2.13. The van der Waals surface area contributed by atoms with Crippen LogP contribution in [0.5, 0.6) is 11.5 Å². The maximum atomic E-state index is 10.4. The molecule has 0 aromatic heterocycles. The van der Waals surface area contributed by atoms with Crippen molar-refractivity contribution < 1.29 is 39.6 Å². The van der Waals surface area contributed by atoms with Gasteiger partial charge in [-0.05, 0) is 72.8 Å². The van der Waals surface area contributed by atoms with Crippen molar-refractivity contribution in [2.75, 3.05) is 0 Å². The van der Waals surface area contributed by atoms with Gasteiger partial charge in [-0.15, -0.1) is 0 Å². The molecule has 0 bridgehead atoms. The fourth-order valence-electron chi connectivity index (χ4n) is 1.92. The van der Waals surface area contributed by atoms with Crippen LogP contribution in [-0.2, 0) is 9.59 Å². The number of hydrogen-bond acceptors (Lipinski definition) is 8. The smallest absolute Gasteiger partial charge is 0.335 e. The number of carboxylic acids is 2. The molecule has 0 amide bonds. The number of nitrogens with zero attached hydrogens (tertiary/aromatic N) is 2. The third-order valence-corrected chi connectivity index (χ3v) is 3.43. The van der Waals surface area contributed by atoms with E-state index in [2.05, 4.69) is 9.98 Å². The molecule has 3 aromatic carbocycles. The highest BCUT2D eigenvalue weighted by molar-refractivity contribution is 5.88. The van der Waals surface area contributed by atoms with Gasteiger partial charge in [-0.1, -0.05) is 0 Å². The minimum atomic E-state index is -1.00. The molecule has 4 N–H and O–H groups in total. The monoisotopic (exact) mass is 436 g/mol. The summed E-state index contributed by atoms with van der Waals surface area (Å²) in [6.07, 6.45) is 2.72. The molecule has 162 valence electrons. The van der Waals surface area contributed by atoms with E-state index in [1.54, 1.807) is 0 Å². The minimum Gasteiger partial charge on any atom is -0.508 e. The maximum absolute atomic E-state index is 10.4. The molecule has 0 unspecified atom stereocenters. The van der Waals surface area contributed by atoms with Crippen molar-refractivity contribution in [3.05, 3.63) is 83.9 Å². The molecule has 0 aliphatic carbocycles. The van der Waals surface area contributed by atoms with Crippen LogP contribution >= 0.6 is 0 Å². The average molecular weight is 436 g/mol. The number of carbonyl (C=O) groups excluding carboxylic acids is 2. The second-order valence-corrected chi connectivity index (χ2v) is 5.63. The van der Waals surface area contributed by atoms with Crippen LogP contribution in [-0.4, -0.2) is 44.5 Å². The van der Waals surface area contributed by atoms with Crippen LogP contribution in [0.4, 0.5) is 11.4 Å². The van der Waals surface area contributed by atoms with Gasteiger partial charge in [0.05, 0.1) is 22.5 Å². The molecule has 0 atom stereocenters. The summed E-state index contributed by atoms with van der Waals surface area (Å²) in [4.78, 5) is 46.9. The van der Waals surface area contributed by atoms with Crippen LogP contribution in [0.1, 0.15) is 20.7 Å². The van der Waals surface area contributed by atoms with Crippen molar-refractivity contribution in [3.63, 3.8) is 0 Å². The predicted molar refractivity (Wildman–Crippen MR) is 112 cm³/mol. The van der Waals surface area contributed by atoms with Crippen molar-refractivity contribution in [1.29, 1.82) is 0 Å². The van der Waals surface area contributed by atoms with Gasteiger partial charge in [-0.3, -0.25) is 0 Å². The summed E-state index contributed by atoms with van der Waals surface area (Å²) in [5, 5.41) is 34.3. The third-order valence-electron chi connectivity index (χ3n) is 3.43. The number of carbonyl (C=O) groups is 2. The molecule has 0 saturated carbocycles. The number of phenols is 2. The molecular weight excluding hydrogens is 420 g/mol. The van der Waals surface area contributed by atoms with Crippen molar-refractivity contribution in [3.8, 4) is 11.5 Å². The van der Waals surface area contributed by atoms with Crippen molar-refractivity contribution in [1.82, 2.24) is 0 Å². The van der Waals surface area contributed by atoms with Gasteiger partial charge in [0.2, 0.25) is 12.2 Å². The van der Waals surface area contributed by atoms with Gasteiger partial charge in [0.1, 0.15) is 11.5 Å². The lowest BCUT2D eigenvalue weighted by Crippen LogP contribution is -1.93. The fourth-order valence-corrected chi connectivity index (χ4v) is 1.92. The van der Waals surface area contributed by atoms with Crippen LogP contribution in [0.25, 0.3) is 0 Å². The minimum absolute atomic E-state index is 0.167. The number of isocyanates is 2. The predicted octanol–water partition coefficient (Wildman–Crippen LogP) is 3.80. The van der Waals surface area contributed by atoms with Crippen molar-refractivity contribution in [2.45, 2.75) is 0 Å². The Labute approximate surface area is 181 Å². The van der Waals surface area contributed by atoms with Gasteiger partial charge < -0.3 is 20.4 Å². The Kier molecular flexibility index (Phi) is 10.3. The third kappa shape index (κ3) is 9.44. The van der Waals surface area contributed by atoms with Crippen LogP contribution < -0.4 is 0 Å². The highest BCUT2D eigenvalue weighted by atomic mass is 16.4. The fraction of sp³-hybridized carbons (Fsp3) is 0. The van der Waals surface area contributed by atoms with Crippen molar-refractivity contribution >= 4 is 35.5 Å². The van der Waals surface area contributed by atoms with Crippen LogP contribution in [0.15, 0.2) is 82.8 Å². The lowest BCUT2D eigenvalue weighted by molar-refractivity contribution is 0.0686. The highest BCUT2D eigenvalue weighted by Gasteiger charge is 2.00. The number of carboxylic acid groups (broad SMARTS) is 2. The van der Waals surface area contributed by atoms with Gasteiger partial charge in [-0.2, -0.15) is 9.98 Å². The summed E-state index contributed by atoms with van der Waals surface area (Å²) in [5.74, 6) is -1.67. The first-order valence-electron chi connectivity index (χ1n) is 8.57. The molecule has 0 aliphatic heterocycles. The van der Waals surface area contributed by atoms with Crippen LogP contribution in [0, 0.1) is 0 Å². The standard InChI is InChI=1S/2C8H5NO3.C6H6O2/c2*10-5-9-7-3-1-6(2-4-7)8(11)12;7-5-1-2-6(8)4-3-5/h2*1-4H,(H,11,12);1-4,7-8H. The van der Waals surface area contributed by atoms with Gasteiger partial charge in [0.15, 0.2) is 0 Å². The molecule has 32 heavy (non-hydrogen) atoms. The maximum Gasteiger partial charge on any atom is 0.335 e. The van der Waals surface area contributed by atoms with E-state index in [1.165, 1.54) is 85.0 Å². The molecule has 0 aliphatic rings. The second kappa shape index (κ2) is 13.2. The molecule has 0 fully saturated rings. The Balaban J connectivity index is 0.000000245. The number of aliphatic imine (C=N–C) groups is 2. The van der Waals surface area contributed by atoms with Gasteiger partial charge in [0, 0.05) is 0 Å². The van der Waals surface area contributed by atoms with E-state index in [0.29, 0.717) is 11.4 Å². The molecule has 10 heteroatoms. The molecular formula is C22H16N2O8. The molecule has 0 spiro atoms. The first-order valence-corrected chi connectivity index (χ1v) is 8.57. The zero-order valence-corrected chi connectivity index (χ0v) is 16.2. The number of benzene rings is 3. The summed E-state index contributed by atoms with van der Waals surface area (Å²) < 4.78 is 0. The largest absolute Gasteiger partial charge is 0.508 e. The molecule has 0 saturated heterocycles. The zero-order valence-electron chi connectivity index (χ0n) is 16.2. The summed E-state index contributed by atoms with van der Waals surface area (Å²) in [5.41, 5.74) is 1.13. The molecule has 10 nitrogen and oxygen atoms in total. The molecule has 0 heterocycles. The second-order valence-electron chi connectivity index (χ2n) is 5.63. The molecule has 3 rings (SSSR count). The van der Waals surface area contributed by atoms with Crippen LogP contribution in [0.2, 0.25) is 0 Å². The Morgan fingerprint density at radius 2 is 0.844 bits per heavy atom. The molecule has 0 radical (unpaired) electrons. The van der Waals surface area contributed by atoms with Crippen molar-refractivity contribution in [2.24, 2.45) is 9.98 Å². The van der Waals surface area contributed by atoms with E-state index in [9.17, 15) is 19.2 Å². The van der Waals surface area contributed by atoms with E-state index in [0.717, 1.165) is 0 Å². The first-order chi connectivity index (χ1) is 15.3. The van der Waals surface area contributed by atoms with Gasteiger partial charge in [0.25, 0.3) is 0 Å². The zero-order chi connectivity index (χ0) is 23.9. The molecule has 3 aromatic rings. The summed E-state index contributed by atoms with van der Waals surface area (Å²) >= 11 is 0. The number of rotatable bonds is 4. The van der Waals surface area contributed by atoms with E-state index in [-0.39, 0.29) is 22.6 Å². The lowest BCUT2D eigenvalue weighted by atomic mass is 10.2. The summed E-state index contributed by atoms with van der Waals surface area (Å²) in [6, 6.07) is 17.0. The topological polar surface area (TPSA) is 174 Å². The quantitative estimate of drug-likeness (QED) is 0.271. The van der Waals surface area contributed by atoms with E-state index in [1.807, 2.05) is 0 Å². The van der Waals surface area contributed by atoms with Crippen LogP contribution in [0.3, 0.4) is 0 Å². The lowest BCUT2D eigenvalue weighted by Gasteiger charge is -1.92. The number of aromatic carboxylic acids is 2.